The molecule has 4 rings (SSSR count). The zero-order valence-corrected chi connectivity index (χ0v) is 15.4. The van der Waals surface area contributed by atoms with Crippen LogP contribution in [0.5, 0.6) is 5.75 Å². The SMILES string of the molecule is COc1ccc(Cn2nnnc2SCc2nc(-c3ccsc3)no2)cc1. The van der Waals surface area contributed by atoms with Crippen LogP contribution in [0, 0.1) is 0 Å². The highest BCUT2D eigenvalue weighted by Crippen LogP contribution is 2.23. The topological polar surface area (TPSA) is 91.8 Å². The lowest BCUT2D eigenvalue weighted by Gasteiger charge is -2.05. The summed E-state index contributed by atoms with van der Waals surface area (Å²) in [6.07, 6.45) is 0. The number of nitrogens with zero attached hydrogens (tertiary/aromatic N) is 6. The van der Waals surface area contributed by atoms with Gasteiger partial charge in [0, 0.05) is 10.9 Å². The summed E-state index contributed by atoms with van der Waals surface area (Å²) < 4.78 is 12.2. The Balaban J connectivity index is 1.41. The fraction of sp³-hybridized carbons (Fsp3) is 0.188. The van der Waals surface area contributed by atoms with Crippen LogP contribution in [-0.2, 0) is 12.3 Å². The van der Waals surface area contributed by atoms with E-state index in [1.807, 2.05) is 41.1 Å². The number of tetrazole rings is 1. The van der Waals surface area contributed by atoms with Crippen LogP contribution in [0.2, 0.25) is 0 Å². The van der Waals surface area contributed by atoms with Gasteiger partial charge < -0.3 is 9.26 Å². The molecule has 0 radical (unpaired) electrons. The Labute approximate surface area is 157 Å². The van der Waals surface area contributed by atoms with Crippen molar-refractivity contribution in [1.82, 2.24) is 30.3 Å². The van der Waals surface area contributed by atoms with E-state index in [0.717, 1.165) is 16.9 Å². The van der Waals surface area contributed by atoms with E-state index in [9.17, 15) is 0 Å². The molecule has 0 amide bonds. The average Bonchev–Trinajstić information content (AvgIpc) is 3.42. The van der Waals surface area contributed by atoms with E-state index in [-0.39, 0.29) is 0 Å². The van der Waals surface area contributed by atoms with E-state index >= 15 is 0 Å². The van der Waals surface area contributed by atoms with Gasteiger partial charge in [0.15, 0.2) is 0 Å². The molecule has 0 saturated heterocycles. The summed E-state index contributed by atoms with van der Waals surface area (Å²) in [5.74, 6) is 2.45. The molecule has 8 nitrogen and oxygen atoms in total. The molecule has 0 spiro atoms. The summed E-state index contributed by atoms with van der Waals surface area (Å²) in [6.45, 7) is 0.573. The first kappa shape index (κ1) is 16.7. The second-order valence-corrected chi connectivity index (χ2v) is 7.00. The van der Waals surface area contributed by atoms with Crippen molar-refractivity contribution < 1.29 is 9.26 Å². The number of thiophene rings is 1. The number of ether oxygens (including phenoxy) is 1. The maximum absolute atomic E-state index is 5.30. The Hall–Kier alpha value is -2.72. The molecular formula is C16H14N6O2S2. The van der Waals surface area contributed by atoms with Gasteiger partial charge in [-0.05, 0) is 39.6 Å². The Morgan fingerprint density at radius 3 is 2.88 bits per heavy atom. The lowest BCUT2D eigenvalue weighted by atomic mass is 10.2. The molecule has 0 aliphatic carbocycles. The molecule has 10 heteroatoms. The molecule has 4 aromatic rings. The molecule has 0 saturated carbocycles. The minimum absolute atomic E-state index is 0.500. The molecule has 1 aromatic carbocycles. The molecule has 0 atom stereocenters. The van der Waals surface area contributed by atoms with Crippen LogP contribution in [0.3, 0.4) is 0 Å². The third kappa shape index (κ3) is 3.75. The third-order valence-corrected chi connectivity index (χ3v) is 5.19. The van der Waals surface area contributed by atoms with Gasteiger partial charge in [0.1, 0.15) is 5.75 Å². The molecule has 3 heterocycles. The number of rotatable bonds is 7. The summed E-state index contributed by atoms with van der Waals surface area (Å²) in [4.78, 5) is 4.40. The van der Waals surface area contributed by atoms with Crippen LogP contribution in [0.4, 0.5) is 0 Å². The fourth-order valence-corrected chi connectivity index (χ4v) is 3.60. The van der Waals surface area contributed by atoms with Gasteiger partial charge in [-0.3, -0.25) is 0 Å². The van der Waals surface area contributed by atoms with Crippen molar-refractivity contribution in [1.29, 1.82) is 0 Å². The van der Waals surface area contributed by atoms with Gasteiger partial charge in [0.05, 0.1) is 19.4 Å². The fourth-order valence-electron chi connectivity index (χ4n) is 2.25. The Bertz CT molecular complexity index is 965. The summed E-state index contributed by atoms with van der Waals surface area (Å²) in [5, 5.41) is 20.5. The van der Waals surface area contributed by atoms with E-state index in [0.29, 0.717) is 29.2 Å². The van der Waals surface area contributed by atoms with Gasteiger partial charge in [-0.15, -0.1) is 5.10 Å². The molecule has 0 fully saturated rings. The summed E-state index contributed by atoms with van der Waals surface area (Å²) in [7, 11) is 1.65. The largest absolute Gasteiger partial charge is 0.497 e. The maximum Gasteiger partial charge on any atom is 0.237 e. The smallest absolute Gasteiger partial charge is 0.237 e. The highest BCUT2D eigenvalue weighted by atomic mass is 32.2. The van der Waals surface area contributed by atoms with Gasteiger partial charge in [-0.1, -0.05) is 29.1 Å². The molecule has 0 unspecified atom stereocenters. The molecule has 132 valence electrons. The first-order valence-corrected chi connectivity index (χ1v) is 9.62. The van der Waals surface area contributed by atoms with Crippen molar-refractivity contribution in [3.8, 4) is 17.1 Å². The Kier molecular flexibility index (Phi) is 4.93. The standard InChI is InChI=1S/C16H14N6O2S2/c1-23-13-4-2-11(3-5-13)8-22-16(18-20-21-22)26-10-14-17-15(19-24-14)12-6-7-25-9-12/h2-7,9H,8,10H2,1H3. The van der Waals surface area contributed by atoms with Crippen LogP contribution < -0.4 is 4.74 Å². The molecule has 3 aromatic heterocycles. The second kappa shape index (κ2) is 7.67. The molecule has 0 aliphatic heterocycles. The first-order valence-electron chi connectivity index (χ1n) is 7.69. The number of methoxy groups -OCH3 is 1. The van der Waals surface area contributed by atoms with Gasteiger partial charge >= 0.3 is 0 Å². The normalized spacial score (nSPS) is 11.0. The molecule has 0 N–H and O–H groups in total. The maximum atomic E-state index is 5.30. The monoisotopic (exact) mass is 386 g/mol. The van der Waals surface area contributed by atoms with Crippen LogP contribution in [0.1, 0.15) is 11.5 Å². The van der Waals surface area contributed by atoms with Gasteiger partial charge in [0.2, 0.25) is 16.9 Å². The van der Waals surface area contributed by atoms with Gasteiger partial charge in [0.25, 0.3) is 0 Å². The summed E-state index contributed by atoms with van der Waals surface area (Å²) in [5.41, 5.74) is 2.04. The highest BCUT2D eigenvalue weighted by molar-refractivity contribution is 7.98. The minimum Gasteiger partial charge on any atom is -0.497 e. The zero-order valence-electron chi connectivity index (χ0n) is 13.8. The summed E-state index contributed by atoms with van der Waals surface area (Å²) >= 11 is 3.05. The van der Waals surface area contributed by atoms with Gasteiger partial charge in [-0.25, -0.2) is 4.68 Å². The minimum atomic E-state index is 0.500. The highest BCUT2D eigenvalue weighted by Gasteiger charge is 2.13. The number of hydrogen-bond donors (Lipinski definition) is 0. The van der Waals surface area contributed by atoms with Crippen LogP contribution in [0.25, 0.3) is 11.4 Å². The zero-order chi connectivity index (χ0) is 17.8. The van der Waals surface area contributed by atoms with Crippen molar-refractivity contribution in [3.05, 3.63) is 52.5 Å². The molecule has 26 heavy (non-hydrogen) atoms. The molecular weight excluding hydrogens is 372 g/mol. The molecule has 0 bridgehead atoms. The predicted octanol–water partition coefficient (Wildman–Crippen LogP) is 3.13. The van der Waals surface area contributed by atoms with E-state index < -0.39 is 0 Å². The molecule has 0 aliphatic rings. The second-order valence-electron chi connectivity index (χ2n) is 5.28. The lowest BCUT2D eigenvalue weighted by molar-refractivity contribution is 0.391. The lowest BCUT2D eigenvalue weighted by Crippen LogP contribution is -2.04. The van der Waals surface area contributed by atoms with Crippen LogP contribution in [-0.4, -0.2) is 37.5 Å². The van der Waals surface area contributed by atoms with E-state index in [4.69, 9.17) is 9.26 Å². The van der Waals surface area contributed by atoms with Crippen molar-refractivity contribution in [3.63, 3.8) is 0 Å². The Morgan fingerprint density at radius 1 is 1.23 bits per heavy atom. The average molecular weight is 386 g/mol. The summed E-state index contributed by atoms with van der Waals surface area (Å²) in [6, 6.07) is 9.76. The number of thioether (sulfide) groups is 1. The third-order valence-electron chi connectivity index (χ3n) is 3.56. The van der Waals surface area contributed by atoms with Crippen LogP contribution in [0.15, 0.2) is 50.8 Å². The van der Waals surface area contributed by atoms with E-state index in [1.54, 1.807) is 23.1 Å². The van der Waals surface area contributed by atoms with Gasteiger partial charge in [-0.2, -0.15) is 16.3 Å². The van der Waals surface area contributed by atoms with E-state index in [1.165, 1.54) is 11.8 Å². The van der Waals surface area contributed by atoms with E-state index in [2.05, 4.69) is 25.7 Å². The van der Waals surface area contributed by atoms with Crippen molar-refractivity contribution in [2.24, 2.45) is 0 Å². The first-order chi connectivity index (χ1) is 12.8. The number of benzene rings is 1. The number of hydrogen-bond acceptors (Lipinski definition) is 9. The quantitative estimate of drug-likeness (QED) is 0.447. The van der Waals surface area contributed by atoms with Crippen molar-refractivity contribution in [2.45, 2.75) is 17.5 Å². The van der Waals surface area contributed by atoms with Crippen molar-refractivity contribution in [2.75, 3.05) is 7.11 Å². The van der Waals surface area contributed by atoms with Crippen molar-refractivity contribution >= 4 is 23.1 Å². The Morgan fingerprint density at radius 2 is 2.12 bits per heavy atom. The predicted molar refractivity (Wildman–Crippen MR) is 97.1 cm³/mol. The van der Waals surface area contributed by atoms with Crippen LogP contribution >= 0.6 is 23.1 Å². The number of aromatic nitrogens is 6.